The SMILES string of the molecule is CCN(CC(=O)NCc1ccc(Cl)cc1)C(=O)c1sc(-c2cccs2)nc1C. The quantitative estimate of drug-likeness (QED) is 0.591. The Bertz CT molecular complexity index is 953. The van der Waals surface area contributed by atoms with Crippen LogP contribution in [-0.4, -0.2) is 34.8 Å². The van der Waals surface area contributed by atoms with Crippen LogP contribution in [0.15, 0.2) is 41.8 Å². The van der Waals surface area contributed by atoms with E-state index >= 15 is 0 Å². The second-order valence-corrected chi connectivity index (χ2v) is 8.52. The van der Waals surface area contributed by atoms with Crippen molar-refractivity contribution in [2.45, 2.75) is 20.4 Å². The molecule has 0 radical (unpaired) electrons. The van der Waals surface area contributed by atoms with Crippen LogP contribution in [0.25, 0.3) is 9.88 Å². The molecule has 28 heavy (non-hydrogen) atoms. The number of hydrogen-bond acceptors (Lipinski definition) is 5. The van der Waals surface area contributed by atoms with E-state index in [9.17, 15) is 9.59 Å². The molecule has 0 bridgehead atoms. The Morgan fingerprint density at radius 3 is 2.61 bits per heavy atom. The summed E-state index contributed by atoms with van der Waals surface area (Å²) in [5.41, 5.74) is 1.64. The molecule has 8 heteroatoms. The first-order valence-electron chi connectivity index (χ1n) is 8.79. The first kappa shape index (κ1) is 20.5. The Hall–Kier alpha value is -2.22. The Morgan fingerprint density at radius 1 is 1.21 bits per heavy atom. The summed E-state index contributed by atoms with van der Waals surface area (Å²) < 4.78 is 0. The van der Waals surface area contributed by atoms with E-state index in [1.807, 2.05) is 43.5 Å². The number of carbonyl (C=O) groups is 2. The zero-order valence-electron chi connectivity index (χ0n) is 15.6. The van der Waals surface area contributed by atoms with Crippen molar-refractivity contribution in [3.63, 3.8) is 0 Å². The van der Waals surface area contributed by atoms with E-state index in [1.165, 1.54) is 16.2 Å². The molecule has 0 fully saturated rings. The molecule has 2 amide bonds. The summed E-state index contributed by atoms with van der Waals surface area (Å²) in [6.45, 7) is 4.54. The molecule has 3 rings (SSSR count). The van der Waals surface area contributed by atoms with E-state index in [0.717, 1.165) is 15.4 Å². The molecule has 0 aliphatic rings. The van der Waals surface area contributed by atoms with Crippen molar-refractivity contribution in [1.29, 1.82) is 0 Å². The molecule has 0 unspecified atom stereocenters. The van der Waals surface area contributed by atoms with Gasteiger partial charge in [0, 0.05) is 18.1 Å². The van der Waals surface area contributed by atoms with Gasteiger partial charge >= 0.3 is 0 Å². The summed E-state index contributed by atoms with van der Waals surface area (Å²) >= 11 is 8.83. The molecule has 1 aromatic carbocycles. The van der Waals surface area contributed by atoms with Crippen LogP contribution in [0.1, 0.15) is 27.9 Å². The summed E-state index contributed by atoms with van der Waals surface area (Å²) in [5, 5.41) is 6.31. The van der Waals surface area contributed by atoms with Gasteiger partial charge in [-0.25, -0.2) is 4.98 Å². The van der Waals surface area contributed by atoms with Crippen LogP contribution in [0, 0.1) is 6.92 Å². The molecule has 0 atom stereocenters. The van der Waals surface area contributed by atoms with E-state index in [0.29, 0.717) is 28.7 Å². The lowest BCUT2D eigenvalue weighted by Crippen LogP contribution is -2.40. The van der Waals surface area contributed by atoms with Crippen LogP contribution in [0.5, 0.6) is 0 Å². The minimum Gasteiger partial charge on any atom is -0.350 e. The van der Waals surface area contributed by atoms with Crippen LogP contribution < -0.4 is 5.32 Å². The smallest absolute Gasteiger partial charge is 0.266 e. The topological polar surface area (TPSA) is 62.3 Å². The van der Waals surface area contributed by atoms with E-state index in [-0.39, 0.29) is 18.4 Å². The molecule has 2 heterocycles. The van der Waals surface area contributed by atoms with Crippen LogP contribution >= 0.6 is 34.3 Å². The minimum atomic E-state index is -0.203. The van der Waals surface area contributed by atoms with Gasteiger partial charge in [0.25, 0.3) is 5.91 Å². The van der Waals surface area contributed by atoms with Crippen LogP contribution in [0.3, 0.4) is 0 Å². The van der Waals surface area contributed by atoms with Crippen molar-refractivity contribution in [2.24, 2.45) is 0 Å². The number of likely N-dealkylation sites (N-methyl/N-ethyl adjacent to an activating group) is 1. The highest BCUT2D eigenvalue weighted by molar-refractivity contribution is 7.22. The largest absolute Gasteiger partial charge is 0.350 e. The van der Waals surface area contributed by atoms with Gasteiger partial charge in [0.2, 0.25) is 5.91 Å². The number of nitrogens with zero attached hydrogens (tertiary/aromatic N) is 2. The summed E-state index contributed by atoms with van der Waals surface area (Å²) in [6.07, 6.45) is 0. The average molecular weight is 434 g/mol. The zero-order chi connectivity index (χ0) is 20.1. The highest BCUT2D eigenvalue weighted by Gasteiger charge is 2.23. The lowest BCUT2D eigenvalue weighted by Gasteiger charge is -2.19. The Morgan fingerprint density at radius 2 is 1.96 bits per heavy atom. The summed E-state index contributed by atoms with van der Waals surface area (Å²) in [7, 11) is 0. The highest BCUT2D eigenvalue weighted by Crippen LogP contribution is 2.31. The van der Waals surface area contributed by atoms with Gasteiger partial charge in [0.15, 0.2) is 0 Å². The van der Waals surface area contributed by atoms with Gasteiger partial charge < -0.3 is 10.2 Å². The predicted molar refractivity (Wildman–Crippen MR) is 115 cm³/mol. The molecule has 0 saturated heterocycles. The van der Waals surface area contributed by atoms with Gasteiger partial charge in [0.05, 0.1) is 17.1 Å². The number of amides is 2. The molecular weight excluding hydrogens is 414 g/mol. The number of hydrogen-bond donors (Lipinski definition) is 1. The first-order valence-corrected chi connectivity index (χ1v) is 10.9. The number of aryl methyl sites for hydroxylation is 1. The van der Waals surface area contributed by atoms with Crippen molar-refractivity contribution in [3.8, 4) is 9.88 Å². The van der Waals surface area contributed by atoms with Gasteiger partial charge in [-0.2, -0.15) is 0 Å². The minimum absolute atomic E-state index is 0.00853. The van der Waals surface area contributed by atoms with Crippen molar-refractivity contribution >= 4 is 46.1 Å². The standard InChI is InChI=1S/C20H20ClN3O2S2/c1-3-24(12-17(25)22-11-14-6-8-15(21)9-7-14)20(26)18-13(2)23-19(28-18)16-5-4-10-27-16/h4-10H,3,11-12H2,1-2H3,(H,22,25). The third kappa shape index (κ3) is 4.98. The maximum Gasteiger partial charge on any atom is 0.266 e. The van der Waals surface area contributed by atoms with Crippen LogP contribution in [-0.2, 0) is 11.3 Å². The fourth-order valence-corrected chi connectivity index (χ4v) is 4.56. The Kier molecular flexibility index (Phi) is 6.83. The van der Waals surface area contributed by atoms with Gasteiger partial charge in [-0.1, -0.05) is 29.8 Å². The molecule has 146 valence electrons. The summed E-state index contributed by atoms with van der Waals surface area (Å²) in [4.78, 5) is 32.9. The zero-order valence-corrected chi connectivity index (χ0v) is 18.0. The molecule has 0 aliphatic carbocycles. The van der Waals surface area contributed by atoms with Gasteiger partial charge in [-0.3, -0.25) is 9.59 Å². The van der Waals surface area contributed by atoms with E-state index in [1.54, 1.807) is 23.5 Å². The summed E-state index contributed by atoms with van der Waals surface area (Å²) in [5.74, 6) is -0.368. The second-order valence-electron chi connectivity index (χ2n) is 6.13. The maximum absolute atomic E-state index is 12.9. The molecule has 3 aromatic rings. The van der Waals surface area contributed by atoms with Crippen molar-refractivity contribution < 1.29 is 9.59 Å². The molecule has 0 spiro atoms. The Labute approximate surface area is 177 Å². The molecule has 1 N–H and O–H groups in total. The Balaban J connectivity index is 1.63. The second kappa shape index (κ2) is 9.32. The first-order chi connectivity index (χ1) is 13.5. The van der Waals surface area contributed by atoms with Gasteiger partial charge in [0.1, 0.15) is 9.88 Å². The normalized spacial score (nSPS) is 10.7. The predicted octanol–water partition coefficient (Wildman–Crippen LogP) is 4.61. The number of rotatable bonds is 7. The average Bonchev–Trinajstić information content (AvgIpc) is 3.34. The van der Waals surface area contributed by atoms with Crippen LogP contribution in [0.2, 0.25) is 5.02 Å². The molecule has 0 saturated carbocycles. The maximum atomic E-state index is 12.9. The third-order valence-corrected chi connectivity index (χ3v) is 6.57. The third-order valence-electron chi connectivity index (χ3n) is 4.13. The summed E-state index contributed by atoms with van der Waals surface area (Å²) in [6, 6.07) is 11.2. The van der Waals surface area contributed by atoms with E-state index < -0.39 is 0 Å². The fraction of sp³-hybridized carbons (Fsp3) is 0.250. The lowest BCUT2D eigenvalue weighted by atomic mass is 10.2. The molecule has 5 nitrogen and oxygen atoms in total. The number of thiazole rings is 1. The van der Waals surface area contributed by atoms with Crippen molar-refractivity contribution in [2.75, 3.05) is 13.1 Å². The highest BCUT2D eigenvalue weighted by atomic mass is 35.5. The lowest BCUT2D eigenvalue weighted by molar-refractivity contribution is -0.121. The number of carbonyl (C=O) groups excluding carboxylic acids is 2. The fourth-order valence-electron chi connectivity index (χ4n) is 2.60. The number of benzene rings is 1. The number of nitrogens with one attached hydrogen (secondary N) is 1. The van der Waals surface area contributed by atoms with Crippen molar-refractivity contribution in [3.05, 3.63) is 62.9 Å². The molecule has 0 aliphatic heterocycles. The number of aromatic nitrogens is 1. The monoisotopic (exact) mass is 433 g/mol. The number of halogens is 1. The van der Waals surface area contributed by atoms with Crippen LogP contribution in [0.4, 0.5) is 0 Å². The number of thiophene rings is 1. The molecular formula is C20H20ClN3O2S2. The van der Waals surface area contributed by atoms with E-state index in [4.69, 9.17) is 11.6 Å². The van der Waals surface area contributed by atoms with Crippen molar-refractivity contribution in [1.82, 2.24) is 15.2 Å². The van der Waals surface area contributed by atoms with E-state index in [2.05, 4.69) is 10.3 Å². The van der Waals surface area contributed by atoms with Gasteiger partial charge in [-0.05, 0) is 43.0 Å². The van der Waals surface area contributed by atoms with Gasteiger partial charge in [-0.15, -0.1) is 22.7 Å². The molecule has 2 aromatic heterocycles.